The summed E-state index contributed by atoms with van der Waals surface area (Å²) in [5.41, 5.74) is 1.82. The van der Waals surface area contributed by atoms with Crippen LogP contribution in [0.4, 0.5) is 13.2 Å². The van der Waals surface area contributed by atoms with Crippen LogP contribution in [0.2, 0.25) is 0 Å². The lowest BCUT2D eigenvalue weighted by Gasteiger charge is -2.31. The number of rotatable bonds is 6. The van der Waals surface area contributed by atoms with E-state index < -0.39 is 36.2 Å². The normalized spacial score (nSPS) is 15.0. The standard InChI is InChI=1S/C23H16F3N5O3/c24-15-3-1-2-12(8-15)19(32)18(17-10-27-6-7-28-17)31-11-14-5-4-13(9-16(14)23(31)33)21-29-30-22(34-21)20(25)26/h1-10,18-20,32H,11H2. The van der Waals surface area contributed by atoms with Gasteiger partial charge >= 0.3 is 6.43 Å². The molecule has 1 aliphatic rings. The van der Waals surface area contributed by atoms with Gasteiger partial charge in [-0.3, -0.25) is 14.8 Å². The van der Waals surface area contributed by atoms with E-state index in [0.717, 1.165) is 0 Å². The van der Waals surface area contributed by atoms with Gasteiger partial charge in [0, 0.05) is 30.1 Å². The molecule has 0 saturated carbocycles. The van der Waals surface area contributed by atoms with E-state index in [-0.39, 0.29) is 23.6 Å². The summed E-state index contributed by atoms with van der Waals surface area (Å²) in [5.74, 6) is -1.92. The molecule has 2 unspecified atom stereocenters. The number of alkyl halides is 2. The van der Waals surface area contributed by atoms with Gasteiger partial charge < -0.3 is 14.4 Å². The van der Waals surface area contributed by atoms with Gasteiger partial charge in [-0.2, -0.15) is 8.78 Å². The van der Waals surface area contributed by atoms with Gasteiger partial charge in [-0.1, -0.05) is 18.2 Å². The highest BCUT2D eigenvalue weighted by Crippen LogP contribution is 2.39. The van der Waals surface area contributed by atoms with E-state index in [9.17, 15) is 23.1 Å². The fourth-order valence-electron chi connectivity index (χ4n) is 3.95. The van der Waals surface area contributed by atoms with Crippen molar-refractivity contribution in [3.8, 4) is 11.5 Å². The number of halogens is 3. The molecule has 5 rings (SSSR count). The smallest absolute Gasteiger partial charge is 0.314 e. The zero-order valence-corrected chi connectivity index (χ0v) is 17.3. The van der Waals surface area contributed by atoms with Gasteiger partial charge in [0.05, 0.1) is 11.9 Å². The Balaban J connectivity index is 1.51. The second kappa shape index (κ2) is 8.67. The maximum absolute atomic E-state index is 13.8. The number of aromatic nitrogens is 4. The van der Waals surface area contributed by atoms with Gasteiger partial charge in [-0.15, -0.1) is 10.2 Å². The van der Waals surface area contributed by atoms with Crippen LogP contribution < -0.4 is 0 Å². The van der Waals surface area contributed by atoms with Crippen molar-refractivity contribution in [3.63, 3.8) is 0 Å². The highest BCUT2D eigenvalue weighted by molar-refractivity contribution is 5.99. The molecule has 2 aromatic carbocycles. The third-order valence-electron chi connectivity index (χ3n) is 5.53. The molecule has 0 bridgehead atoms. The summed E-state index contributed by atoms with van der Waals surface area (Å²) in [4.78, 5) is 23.1. The minimum atomic E-state index is -2.91. The monoisotopic (exact) mass is 467 g/mol. The Kier molecular flexibility index (Phi) is 5.54. The number of carbonyl (C=O) groups excluding carboxylic acids is 1. The molecule has 0 spiro atoms. The van der Waals surface area contributed by atoms with E-state index in [1.165, 1.54) is 47.8 Å². The molecule has 0 aliphatic carbocycles. The Labute approximate surface area is 190 Å². The molecule has 172 valence electrons. The van der Waals surface area contributed by atoms with Gasteiger partial charge in [0.1, 0.15) is 18.0 Å². The molecule has 34 heavy (non-hydrogen) atoms. The van der Waals surface area contributed by atoms with Crippen LogP contribution >= 0.6 is 0 Å². The molecule has 0 radical (unpaired) electrons. The lowest BCUT2D eigenvalue weighted by atomic mass is 9.98. The van der Waals surface area contributed by atoms with Crippen molar-refractivity contribution in [2.45, 2.75) is 25.1 Å². The average Bonchev–Trinajstić information content (AvgIpc) is 3.46. The summed E-state index contributed by atoms with van der Waals surface area (Å²) in [6, 6.07) is 9.20. The van der Waals surface area contributed by atoms with Crippen molar-refractivity contribution in [2.75, 3.05) is 0 Å². The van der Waals surface area contributed by atoms with Gasteiger partial charge in [0.2, 0.25) is 5.89 Å². The maximum atomic E-state index is 13.8. The Morgan fingerprint density at radius 3 is 2.65 bits per heavy atom. The lowest BCUT2D eigenvalue weighted by Crippen LogP contribution is -2.34. The molecule has 2 atom stereocenters. The predicted octanol–water partition coefficient (Wildman–Crippen LogP) is 4.03. The van der Waals surface area contributed by atoms with E-state index in [1.807, 2.05) is 0 Å². The second-order valence-electron chi connectivity index (χ2n) is 7.63. The van der Waals surface area contributed by atoms with Crippen LogP contribution in [0.3, 0.4) is 0 Å². The van der Waals surface area contributed by atoms with Crippen molar-refractivity contribution in [1.82, 2.24) is 25.1 Å². The summed E-state index contributed by atoms with van der Waals surface area (Å²) >= 11 is 0. The zero-order chi connectivity index (χ0) is 23.8. The molecular weight excluding hydrogens is 451 g/mol. The predicted molar refractivity (Wildman–Crippen MR) is 111 cm³/mol. The number of fused-ring (bicyclic) bond motifs is 1. The first-order valence-electron chi connectivity index (χ1n) is 10.2. The molecule has 1 amide bonds. The van der Waals surface area contributed by atoms with Crippen molar-refractivity contribution in [3.05, 3.63) is 95.1 Å². The fourth-order valence-corrected chi connectivity index (χ4v) is 3.95. The Morgan fingerprint density at radius 1 is 1.09 bits per heavy atom. The number of aliphatic hydroxyl groups is 1. The van der Waals surface area contributed by atoms with E-state index in [1.54, 1.807) is 18.2 Å². The van der Waals surface area contributed by atoms with E-state index >= 15 is 0 Å². The number of hydrogen-bond acceptors (Lipinski definition) is 7. The van der Waals surface area contributed by atoms with Crippen molar-refractivity contribution >= 4 is 5.91 Å². The van der Waals surface area contributed by atoms with Crippen molar-refractivity contribution in [1.29, 1.82) is 0 Å². The SMILES string of the molecule is O=C1c2cc(-c3nnc(C(F)F)o3)ccc2CN1C(c1cnccn1)C(O)c1cccc(F)c1. The third-order valence-corrected chi connectivity index (χ3v) is 5.53. The first-order valence-corrected chi connectivity index (χ1v) is 10.2. The number of carbonyl (C=O) groups is 1. The third kappa shape index (κ3) is 3.90. The number of hydrogen-bond donors (Lipinski definition) is 1. The first-order chi connectivity index (χ1) is 16.4. The first kappa shape index (κ1) is 21.7. The summed E-state index contributed by atoms with van der Waals surface area (Å²) in [6.07, 6.45) is 0.112. The van der Waals surface area contributed by atoms with Crippen LogP contribution in [0, 0.1) is 5.82 Å². The van der Waals surface area contributed by atoms with Crippen LogP contribution in [0.15, 0.2) is 65.5 Å². The molecule has 1 aliphatic heterocycles. The molecule has 1 N–H and O–H groups in total. The van der Waals surface area contributed by atoms with Gasteiger partial charge in [-0.05, 0) is 35.4 Å². The molecule has 2 aromatic heterocycles. The number of nitrogens with zero attached hydrogens (tertiary/aromatic N) is 5. The van der Waals surface area contributed by atoms with Crippen LogP contribution in [-0.4, -0.2) is 36.1 Å². The van der Waals surface area contributed by atoms with Crippen LogP contribution in [-0.2, 0) is 6.54 Å². The molecule has 4 aromatic rings. The fraction of sp³-hybridized carbons (Fsp3) is 0.174. The Morgan fingerprint density at radius 2 is 1.94 bits per heavy atom. The summed E-state index contributed by atoms with van der Waals surface area (Å²) in [7, 11) is 0. The maximum Gasteiger partial charge on any atom is 0.314 e. The Hall–Kier alpha value is -4.12. The van der Waals surface area contributed by atoms with Crippen LogP contribution in [0.25, 0.3) is 11.5 Å². The minimum absolute atomic E-state index is 0.133. The lowest BCUT2D eigenvalue weighted by molar-refractivity contribution is 0.0345. The molecule has 3 heterocycles. The number of benzene rings is 2. The van der Waals surface area contributed by atoms with Crippen LogP contribution in [0.1, 0.15) is 51.6 Å². The summed E-state index contributed by atoms with van der Waals surface area (Å²) in [6.45, 7) is 0.133. The average molecular weight is 467 g/mol. The van der Waals surface area contributed by atoms with E-state index in [4.69, 9.17) is 4.42 Å². The minimum Gasteiger partial charge on any atom is -0.415 e. The van der Waals surface area contributed by atoms with Gasteiger partial charge in [-0.25, -0.2) is 4.39 Å². The zero-order valence-electron chi connectivity index (χ0n) is 17.3. The molecule has 11 heteroatoms. The van der Waals surface area contributed by atoms with Gasteiger partial charge in [0.15, 0.2) is 0 Å². The summed E-state index contributed by atoms with van der Waals surface area (Å²) < 4.78 is 44.4. The molecular formula is C23H16F3N5O3. The topological polar surface area (TPSA) is 105 Å². The quantitative estimate of drug-likeness (QED) is 0.456. The van der Waals surface area contributed by atoms with Gasteiger partial charge in [0.25, 0.3) is 11.8 Å². The number of aliphatic hydroxyl groups excluding tert-OH is 1. The second-order valence-corrected chi connectivity index (χ2v) is 7.63. The van der Waals surface area contributed by atoms with Crippen LogP contribution in [0.5, 0.6) is 0 Å². The largest absolute Gasteiger partial charge is 0.415 e. The highest BCUT2D eigenvalue weighted by atomic mass is 19.3. The van der Waals surface area contributed by atoms with E-state index in [2.05, 4.69) is 20.2 Å². The van der Waals surface area contributed by atoms with E-state index in [0.29, 0.717) is 16.8 Å². The Bertz CT molecular complexity index is 1350. The van der Waals surface area contributed by atoms with Crippen molar-refractivity contribution in [2.24, 2.45) is 0 Å². The number of amides is 1. The summed E-state index contributed by atoms with van der Waals surface area (Å²) in [5, 5.41) is 18.1. The van der Waals surface area contributed by atoms with Crippen molar-refractivity contribution < 1.29 is 27.5 Å². The molecule has 0 saturated heterocycles. The molecule has 0 fully saturated rings. The highest BCUT2D eigenvalue weighted by Gasteiger charge is 2.39. The molecule has 8 nitrogen and oxygen atoms in total.